The predicted molar refractivity (Wildman–Crippen MR) is 104 cm³/mol. The quantitative estimate of drug-likeness (QED) is 0.630. The van der Waals surface area contributed by atoms with Gasteiger partial charge < -0.3 is 24.8 Å². The van der Waals surface area contributed by atoms with E-state index in [1.165, 1.54) is 0 Å². The van der Waals surface area contributed by atoms with Crippen molar-refractivity contribution in [1.29, 1.82) is 0 Å². The Kier molecular flexibility index (Phi) is 7.35. The smallest absolute Gasteiger partial charge is 0.239 e. The molecule has 27 heavy (non-hydrogen) atoms. The van der Waals surface area contributed by atoms with Gasteiger partial charge >= 0.3 is 0 Å². The van der Waals surface area contributed by atoms with E-state index in [1.54, 1.807) is 0 Å². The molecule has 6 heteroatoms. The molecule has 1 amide bonds. The highest BCUT2D eigenvalue weighted by atomic mass is 16.5. The third-order valence-corrected chi connectivity index (χ3v) is 4.22. The predicted octanol–water partition coefficient (Wildman–Crippen LogP) is 2.85. The van der Waals surface area contributed by atoms with Crippen LogP contribution in [0.4, 0.5) is 5.69 Å². The first-order chi connectivity index (χ1) is 13.3. The highest BCUT2D eigenvalue weighted by Gasteiger charge is 2.15. The average Bonchev–Trinajstić information content (AvgIpc) is 3.23. The first-order valence-corrected chi connectivity index (χ1v) is 9.32. The van der Waals surface area contributed by atoms with E-state index in [9.17, 15) is 4.79 Å². The van der Waals surface area contributed by atoms with Gasteiger partial charge in [0.2, 0.25) is 5.91 Å². The monoisotopic (exact) mass is 370 g/mol. The first-order valence-electron chi connectivity index (χ1n) is 9.32. The minimum atomic E-state index is -0.0381. The highest BCUT2D eigenvalue weighted by molar-refractivity contribution is 5.80. The molecular weight excluding hydrogens is 344 g/mol. The van der Waals surface area contributed by atoms with E-state index < -0.39 is 0 Å². The summed E-state index contributed by atoms with van der Waals surface area (Å²) in [6.07, 6.45) is 2.26. The molecule has 0 saturated carbocycles. The maximum atomic E-state index is 11.9. The minimum Gasteiger partial charge on any atom is -0.490 e. The Morgan fingerprint density at radius 1 is 1.00 bits per heavy atom. The highest BCUT2D eigenvalue weighted by Crippen LogP contribution is 2.16. The van der Waals surface area contributed by atoms with Gasteiger partial charge in [-0.1, -0.05) is 18.2 Å². The van der Waals surface area contributed by atoms with Gasteiger partial charge in [0.05, 0.1) is 12.6 Å². The van der Waals surface area contributed by atoms with Crippen molar-refractivity contribution in [1.82, 2.24) is 5.32 Å². The standard InChI is InChI=1S/C21H26N2O4/c24-21(23-15-20-7-4-12-25-20)16-22-17-8-10-19(11-9-17)27-14-13-26-18-5-2-1-3-6-18/h1-3,5-6,8-11,20,22H,4,7,12-16H2,(H,23,24). The lowest BCUT2D eigenvalue weighted by Gasteiger charge is -2.12. The molecule has 2 N–H and O–H groups in total. The number of amides is 1. The molecule has 144 valence electrons. The molecule has 1 heterocycles. The van der Waals surface area contributed by atoms with Crippen LogP contribution in [0, 0.1) is 0 Å². The van der Waals surface area contributed by atoms with E-state index in [4.69, 9.17) is 14.2 Å². The molecule has 1 fully saturated rings. The summed E-state index contributed by atoms with van der Waals surface area (Å²) >= 11 is 0. The van der Waals surface area contributed by atoms with Gasteiger partial charge in [-0.15, -0.1) is 0 Å². The Morgan fingerprint density at radius 2 is 1.70 bits per heavy atom. The number of para-hydroxylation sites is 1. The van der Waals surface area contributed by atoms with Crippen molar-refractivity contribution in [2.24, 2.45) is 0 Å². The summed E-state index contributed by atoms with van der Waals surface area (Å²) in [5.74, 6) is 1.56. The number of nitrogens with one attached hydrogen (secondary N) is 2. The largest absolute Gasteiger partial charge is 0.490 e. The number of benzene rings is 2. The maximum Gasteiger partial charge on any atom is 0.239 e. The molecule has 0 spiro atoms. The molecule has 0 bridgehead atoms. The molecule has 1 atom stereocenters. The number of rotatable bonds is 10. The van der Waals surface area contributed by atoms with Crippen LogP contribution in [0.15, 0.2) is 54.6 Å². The SMILES string of the molecule is O=C(CNc1ccc(OCCOc2ccccc2)cc1)NCC1CCCO1. The summed E-state index contributed by atoms with van der Waals surface area (Å²) < 4.78 is 16.7. The zero-order chi connectivity index (χ0) is 18.7. The fraction of sp³-hybridized carbons (Fsp3) is 0.381. The van der Waals surface area contributed by atoms with Crippen LogP contribution in [-0.2, 0) is 9.53 Å². The third-order valence-electron chi connectivity index (χ3n) is 4.22. The van der Waals surface area contributed by atoms with E-state index in [2.05, 4.69) is 10.6 Å². The van der Waals surface area contributed by atoms with Crippen LogP contribution in [0.3, 0.4) is 0 Å². The van der Waals surface area contributed by atoms with Gasteiger partial charge in [-0.3, -0.25) is 4.79 Å². The topological polar surface area (TPSA) is 68.8 Å². The zero-order valence-corrected chi connectivity index (χ0v) is 15.4. The van der Waals surface area contributed by atoms with Gasteiger partial charge in [-0.25, -0.2) is 0 Å². The molecule has 1 saturated heterocycles. The van der Waals surface area contributed by atoms with Crippen molar-refractivity contribution in [2.75, 3.05) is 38.2 Å². The fourth-order valence-corrected chi connectivity index (χ4v) is 2.78. The van der Waals surface area contributed by atoms with Crippen LogP contribution in [-0.4, -0.2) is 44.9 Å². The van der Waals surface area contributed by atoms with E-state index in [-0.39, 0.29) is 18.6 Å². The average molecular weight is 370 g/mol. The normalized spacial score (nSPS) is 15.9. The molecule has 3 rings (SSSR count). The second-order valence-corrected chi connectivity index (χ2v) is 6.33. The number of anilines is 1. The number of hydrogen-bond acceptors (Lipinski definition) is 5. The molecule has 0 radical (unpaired) electrons. The summed E-state index contributed by atoms with van der Waals surface area (Å²) in [5, 5.41) is 5.99. The van der Waals surface area contributed by atoms with Crippen LogP contribution in [0.1, 0.15) is 12.8 Å². The van der Waals surface area contributed by atoms with Crippen LogP contribution >= 0.6 is 0 Å². The second-order valence-electron chi connectivity index (χ2n) is 6.33. The molecule has 6 nitrogen and oxygen atoms in total. The maximum absolute atomic E-state index is 11.9. The molecule has 0 aromatic heterocycles. The molecule has 1 unspecified atom stereocenters. The summed E-state index contributed by atoms with van der Waals surface area (Å²) in [7, 11) is 0. The van der Waals surface area contributed by atoms with Gasteiger partial charge in [0.25, 0.3) is 0 Å². The number of hydrogen-bond donors (Lipinski definition) is 2. The summed E-state index contributed by atoms with van der Waals surface area (Å²) in [5.41, 5.74) is 0.871. The Balaban J connectivity index is 1.30. The van der Waals surface area contributed by atoms with Crippen molar-refractivity contribution in [3.8, 4) is 11.5 Å². The Labute approximate surface area is 159 Å². The lowest BCUT2D eigenvalue weighted by atomic mass is 10.2. The van der Waals surface area contributed by atoms with Crippen LogP contribution in [0.25, 0.3) is 0 Å². The zero-order valence-electron chi connectivity index (χ0n) is 15.4. The van der Waals surface area contributed by atoms with Gasteiger partial charge in [0.1, 0.15) is 24.7 Å². The van der Waals surface area contributed by atoms with Crippen molar-refractivity contribution < 1.29 is 19.0 Å². The van der Waals surface area contributed by atoms with Crippen LogP contribution < -0.4 is 20.1 Å². The van der Waals surface area contributed by atoms with E-state index in [1.807, 2.05) is 54.6 Å². The minimum absolute atomic E-state index is 0.0381. The summed E-state index contributed by atoms with van der Waals surface area (Å²) in [4.78, 5) is 11.9. The van der Waals surface area contributed by atoms with E-state index in [0.717, 1.165) is 36.6 Å². The lowest BCUT2D eigenvalue weighted by molar-refractivity contribution is -0.119. The van der Waals surface area contributed by atoms with E-state index in [0.29, 0.717) is 19.8 Å². The number of carbonyl (C=O) groups is 1. The van der Waals surface area contributed by atoms with Crippen molar-refractivity contribution in [3.63, 3.8) is 0 Å². The number of carbonyl (C=O) groups excluding carboxylic acids is 1. The molecule has 1 aliphatic heterocycles. The fourth-order valence-electron chi connectivity index (χ4n) is 2.78. The summed E-state index contributed by atoms with van der Waals surface area (Å²) in [6, 6.07) is 17.2. The lowest BCUT2D eigenvalue weighted by Crippen LogP contribution is -2.35. The van der Waals surface area contributed by atoms with Gasteiger partial charge in [-0.2, -0.15) is 0 Å². The van der Waals surface area contributed by atoms with Crippen molar-refractivity contribution in [3.05, 3.63) is 54.6 Å². The van der Waals surface area contributed by atoms with Crippen molar-refractivity contribution >= 4 is 11.6 Å². The van der Waals surface area contributed by atoms with Gasteiger partial charge in [0, 0.05) is 18.8 Å². The third kappa shape index (κ3) is 6.83. The second kappa shape index (κ2) is 10.4. The Hall–Kier alpha value is -2.73. The molecule has 2 aromatic rings. The molecule has 2 aromatic carbocycles. The Bertz CT molecular complexity index is 685. The molecule has 0 aliphatic carbocycles. The van der Waals surface area contributed by atoms with Gasteiger partial charge in [-0.05, 0) is 49.2 Å². The number of ether oxygens (including phenoxy) is 3. The van der Waals surface area contributed by atoms with Crippen LogP contribution in [0.2, 0.25) is 0 Å². The van der Waals surface area contributed by atoms with Gasteiger partial charge in [0.15, 0.2) is 0 Å². The Morgan fingerprint density at radius 3 is 2.37 bits per heavy atom. The van der Waals surface area contributed by atoms with E-state index >= 15 is 0 Å². The molecule has 1 aliphatic rings. The van der Waals surface area contributed by atoms with Crippen molar-refractivity contribution in [2.45, 2.75) is 18.9 Å². The molecular formula is C21H26N2O4. The first kappa shape index (κ1) is 19.0. The van der Waals surface area contributed by atoms with Crippen LogP contribution in [0.5, 0.6) is 11.5 Å². The summed E-state index contributed by atoms with van der Waals surface area (Å²) in [6.45, 7) is 2.56.